The number of rotatable bonds is 5. The van der Waals surface area contributed by atoms with Crippen molar-refractivity contribution in [3.05, 3.63) is 29.8 Å². The predicted molar refractivity (Wildman–Crippen MR) is 63.1 cm³/mol. The first-order valence-electron chi connectivity index (χ1n) is 5.49. The van der Waals surface area contributed by atoms with Crippen LogP contribution in [0.2, 0.25) is 0 Å². The number of halogens is 2. The van der Waals surface area contributed by atoms with Crippen LogP contribution in [0.15, 0.2) is 18.2 Å². The molecule has 1 aromatic rings. The lowest BCUT2D eigenvalue weighted by molar-refractivity contribution is -0.133. The molecule has 0 radical (unpaired) electrons. The maximum atomic E-state index is 13.2. The Morgan fingerprint density at radius 2 is 2.17 bits per heavy atom. The van der Waals surface area contributed by atoms with Crippen molar-refractivity contribution in [2.45, 2.75) is 13.0 Å². The predicted octanol–water partition coefficient (Wildman–Crippen LogP) is 1.15. The second-order valence-corrected chi connectivity index (χ2v) is 3.95. The first-order chi connectivity index (χ1) is 8.45. The number of hydrogen-bond donors (Lipinski definition) is 1. The van der Waals surface area contributed by atoms with Crippen LogP contribution in [0.1, 0.15) is 6.92 Å². The molecule has 18 heavy (non-hydrogen) atoms. The highest BCUT2D eigenvalue weighted by Gasteiger charge is 2.15. The highest BCUT2D eigenvalue weighted by Crippen LogP contribution is 2.17. The van der Waals surface area contributed by atoms with Crippen molar-refractivity contribution in [3.63, 3.8) is 0 Å². The Balaban J connectivity index is 2.57. The van der Waals surface area contributed by atoms with Crippen molar-refractivity contribution in [2.24, 2.45) is 5.73 Å². The van der Waals surface area contributed by atoms with Gasteiger partial charge in [0.15, 0.2) is 18.2 Å². The molecular weight excluding hydrogens is 242 g/mol. The molecule has 0 aliphatic carbocycles. The van der Waals surface area contributed by atoms with Crippen LogP contribution in [0.3, 0.4) is 0 Å². The van der Waals surface area contributed by atoms with Crippen LogP contribution in [-0.4, -0.2) is 37.0 Å². The molecule has 0 heterocycles. The number of carbonyl (C=O) groups excluding carboxylic acids is 1. The van der Waals surface area contributed by atoms with Gasteiger partial charge < -0.3 is 15.4 Å². The topological polar surface area (TPSA) is 55.6 Å². The van der Waals surface area contributed by atoms with Crippen molar-refractivity contribution >= 4 is 5.91 Å². The zero-order valence-electron chi connectivity index (χ0n) is 10.3. The van der Waals surface area contributed by atoms with Gasteiger partial charge in [0.1, 0.15) is 5.82 Å². The monoisotopic (exact) mass is 258 g/mol. The van der Waals surface area contributed by atoms with E-state index in [2.05, 4.69) is 0 Å². The van der Waals surface area contributed by atoms with Gasteiger partial charge in [-0.3, -0.25) is 4.79 Å². The van der Waals surface area contributed by atoms with Gasteiger partial charge in [-0.05, 0) is 19.1 Å². The molecule has 0 fully saturated rings. The molecule has 6 heteroatoms. The first-order valence-corrected chi connectivity index (χ1v) is 5.49. The van der Waals surface area contributed by atoms with Crippen molar-refractivity contribution in [3.8, 4) is 5.75 Å². The van der Waals surface area contributed by atoms with E-state index in [1.165, 1.54) is 4.90 Å². The SMILES string of the molecule is CC(CN)N(C)C(=O)COc1ccc(F)cc1F. The number of likely N-dealkylation sites (N-methyl/N-ethyl adjacent to an activating group) is 1. The standard InChI is InChI=1S/C12H16F2N2O2/c1-8(6-15)16(2)12(17)7-18-11-4-3-9(13)5-10(11)14/h3-5,8H,6-7,15H2,1-2H3. The maximum Gasteiger partial charge on any atom is 0.260 e. The van der Waals surface area contributed by atoms with Crippen LogP contribution >= 0.6 is 0 Å². The number of nitrogens with two attached hydrogens (primary N) is 1. The third kappa shape index (κ3) is 3.66. The minimum atomic E-state index is -0.836. The third-order valence-corrected chi connectivity index (χ3v) is 2.64. The smallest absolute Gasteiger partial charge is 0.260 e. The summed E-state index contributed by atoms with van der Waals surface area (Å²) in [6.07, 6.45) is 0. The summed E-state index contributed by atoms with van der Waals surface area (Å²) in [7, 11) is 1.59. The fourth-order valence-electron chi connectivity index (χ4n) is 1.24. The molecular formula is C12H16F2N2O2. The van der Waals surface area contributed by atoms with Gasteiger partial charge in [-0.1, -0.05) is 0 Å². The van der Waals surface area contributed by atoms with Crippen LogP contribution in [0.25, 0.3) is 0 Å². The van der Waals surface area contributed by atoms with Crippen LogP contribution in [0.4, 0.5) is 8.78 Å². The Bertz CT molecular complexity index is 427. The minimum Gasteiger partial charge on any atom is -0.481 e. The number of nitrogens with zero attached hydrogens (tertiary/aromatic N) is 1. The summed E-state index contributed by atoms with van der Waals surface area (Å²) in [6, 6.07) is 2.78. The van der Waals surface area contributed by atoms with E-state index in [0.717, 1.165) is 12.1 Å². The van der Waals surface area contributed by atoms with Crippen molar-refractivity contribution < 1.29 is 18.3 Å². The lowest BCUT2D eigenvalue weighted by Crippen LogP contribution is -2.42. The summed E-state index contributed by atoms with van der Waals surface area (Å²) in [4.78, 5) is 13.1. The Kier molecular flexibility index (Phi) is 5.03. The zero-order valence-corrected chi connectivity index (χ0v) is 10.3. The second-order valence-electron chi connectivity index (χ2n) is 3.95. The van der Waals surface area contributed by atoms with E-state index in [1.54, 1.807) is 14.0 Å². The van der Waals surface area contributed by atoms with Gasteiger partial charge >= 0.3 is 0 Å². The minimum absolute atomic E-state index is 0.126. The molecule has 0 saturated heterocycles. The molecule has 1 rings (SSSR count). The van der Waals surface area contributed by atoms with E-state index < -0.39 is 11.6 Å². The molecule has 2 N–H and O–H groups in total. The molecule has 1 atom stereocenters. The van der Waals surface area contributed by atoms with Gasteiger partial charge in [-0.2, -0.15) is 0 Å². The van der Waals surface area contributed by atoms with Gasteiger partial charge in [-0.25, -0.2) is 8.78 Å². The number of carbonyl (C=O) groups is 1. The largest absolute Gasteiger partial charge is 0.481 e. The van der Waals surface area contributed by atoms with Crippen LogP contribution in [0.5, 0.6) is 5.75 Å². The normalized spacial score (nSPS) is 12.1. The molecule has 0 aliphatic heterocycles. The molecule has 0 aliphatic rings. The van der Waals surface area contributed by atoms with E-state index in [-0.39, 0.29) is 24.3 Å². The van der Waals surface area contributed by atoms with Gasteiger partial charge in [0.05, 0.1) is 0 Å². The Labute approximate surface area is 104 Å². The summed E-state index contributed by atoms with van der Waals surface area (Å²) in [5, 5.41) is 0. The number of amides is 1. The summed E-state index contributed by atoms with van der Waals surface area (Å²) in [5.41, 5.74) is 5.42. The van der Waals surface area contributed by atoms with Crippen LogP contribution in [0, 0.1) is 11.6 Å². The van der Waals surface area contributed by atoms with Crippen molar-refractivity contribution in [1.82, 2.24) is 4.90 Å². The third-order valence-electron chi connectivity index (χ3n) is 2.64. The number of benzene rings is 1. The van der Waals surface area contributed by atoms with Gasteiger partial charge in [-0.15, -0.1) is 0 Å². The molecule has 0 bridgehead atoms. The lowest BCUT2D eigenvalue weighted by Gasteiger charge is -2.23. The summed E-state index contributed by atoms with van der Waals surface area (Å²) < 4.78 is 30.9. The molecule has 1 unspecified atom stereocenters. The summed E-state index contributed by atoms with van der Waals surface area (Å²) >= 11 is 0. The second kappa shape index (κ2) is 6.30. The van der Waals surface area contributed by atoms with Crippen molar-refractivity contribution in [1.29, 1.82) is 0 Å². The first kappa shape index (κ1) is 14.4. The molecule has 0 saturated carbocycles. The van der Waals surface area contributed by atoms with Crippen LogP contribution in [-0.2, 0) is 4.79 Å². The number of ether oxygens (including phenoxy) is 1. The fraction of sp³-hybridized carbons (Fsp3) is 0.417. The highest BCUT2D eigenvalue weighted by molar-refractivity contribution is 5.77. The summed E-state index contributed by atoms with van der Waals surface area (Å²) in [5.74, 6) is -2.01. The highest BCUT2D eigenvalue weighted by atomic mass is 19.1. The van der Waals surface area contributed by atoms with Gasteiger partial charge in [0, 0.05) is 25.7 Å². The Hall–Kier alpha value is -1.69. The molecule has 0 spiro atoms. The van der Waals surface area contributed by atoms with E-state index in [4.69, 9.17) is 10.5 Å². The van der Waals surface area contributed by atoms with E-state index in [0.29, 0.717) is 12.6 Å². The van der Waals surface area contributed by atoms with Gasteiger partial charge in [0.2, 0.25) is 0 Å². The molecule has 0 aromatic heterocycles. The average Bonchev–Trinajstić information content (AvgIpc) is 2.35. The van der Waals surface area contributed by atoms with E-state index >= 15 is 0 Å². The Morgan fingerprint density at radius 1 is 1.50 bits per heavy atom. The lowest BCUT2D eigenvalue weighted by atomic mass is 10.3. The molecule has 100 valence electrons. The summed E-state index contributed by atoms with van der Waals surface area (Å²) in [6.45, 7) is 1.80. The quantitative estimate of drug-likeness (QED) is 0.862. The molecule has 1 aromatic carbocycles. The zero-order chi connectivity index (χ0) is 13.7. The molecule has 4 nitrogen and oxygen atoms in total. The maximum absolute atomic E-state index is 13.2. The average molecular weight is 258 g/mol. The van der Waals surface area contributed by atoms with Crippen LogP contribution < -0.4 is 10.5 Å². The van der Waals surface area contributed by atoms with Crippen molar-refractivity contribution in [2.75, 3.05) is 20.2 Å². The van der Waals surface area contributed by atoms with Gasteiger partial charge in [0.25, 0.3) is 5.91 Å². The van der Waals surface area contributed by atoms with E-state index in [9.17, 15) is 13.6 Å². The van der Waals surface area contributed by atoms with E-state index in [1.807, 2.05) is 0 Å². The Morgan fingerprint density at radius 3 is 2.72 bits per heavy atom. The molecule has 1 amide bonds. The number of hydrogen-bond acceptors (Lipinski definition) is 3. The fourth-order valence-corrected chi connectivity index (χ4v) is 1.24.